The fraction of sp³-hybridized carbons (Fsp3) is 0.429. The molecule has 0 saturated carbocycles. The van der Waals surface area contributed by atoms with Crippen LogP contribution in [0, 0.1) is 5.82 Å². The molecule has 1 aliphatic rings. The molecule has 0 radical (unpaired) electrons. The van der Waals surface area contributed by atoms with Gasteiger partial charge in [-0.15, -0.1) is 0 Å². The number of nitrogens with one attached hydrogen (secondary N) is 1. The molecule has 1 aliphatic heterocycles. The highest BCUT2D eigenvalue weighted by atomic mass is 19.1. The summed E-state index contributed by atoms with van der Waals surface area (Å²) < 4.78 is 18.9. The molecule has 1 saturated heterocycles. The van der Waals surface area contributed by atoms with Gasteiger partial charge in [-0.25, -0.2) is 4.39 Å². The van der Waals surface area contributed by atoms with Crippen molar-refractivity contribution in [3.05, 3.63) is 59.7 Å². The van der Waals surface area contributed by atoms with Crippen LogP contribution in [0.5, 0.6) is 5.75 Å². The Morgan fingerprint density at radius 1 is 1.30 bits per heavy atom. The summed E-state index contributed by atoms with van der Waals surface area (Å²) in [5.74, 6) is -0.263. The minimum Gasteiger partial charge on any atom is -0.494 e. The lowest BCUT2D eigenvalue weighted by Crippen LogP contribution is -2.41. The van der Waals surface area contributed by atoms with E-state index >= 15 is 0 Å². The Bertz CT molecular complexity index is 746. The van der Waals surface area contributed by atoms with Crippen molar-refractivity contribution in [3.8, 4) is 5.75 Å². The van der Waals surface area contributed by atoms with E-state index in [9.17, 15) is 9.18 Å². The Morgan fingerprint density at radius 3 is 2.93 bits per heavy atom. The number of carbonyl (C=O) groups is 1. The highest BCUT2D eigenvalue weighted by Crippen LogP contribution is 2.21. The summed E-state index contributed by atoms with van der Waals surface area (Å²) in [6, 6.07) is 10.6. The summed E-state index contributed by atoms with van der Waals surface area (Å²) in [5, 5.41) is 3.39. The number of methoxy groups -OCH3 is 1. The van der Waals surface area contributed by atoms with Gasteiger partial charge in [-0.2, -0.15) is 0 Å². The second kappa shape index (κ2) is 9.46. The molecule has 1 fully saturated rings. The molecule has 2 heterocycles. The van der Waals surface area contributed by atoms with Gasteiger partial charge in [0.1, 0.15) is 0 Å². The maximum Gasteiger partial charge on any atom is 0.227 e. The molecule has 144 valence electrons. The van der Waals surface area contributed by atoms with E-state index in [-0.39, 0.29) is 24.1 Å². The second-order valence-corrected chi connectivity index (χ2v) is 6.82. The average molecular weight is 371 g/mol. The largest absolute Gasteiger partial charge is 0.494 e. The average Bonchev–Trinajstić information content (AvgIpc) is 2.96. The van der Waals surface area contributed by atoms with Gasteiger partial charge in [0.05, 0.1) is 25.8 Å². The minimum absolute atomic E-state index is 0.00267. The molecule has 5 nitrogen and oxygen atoms in total. The van der Waals surface area contributed by atoms with Crippen LogP contribution in [-0.2, 0) is 17.8 Å². The monoisotopic (exact) mass is 371 g/mol. The van der Waals surface area contributed by atoms with Crippen molar-refractivity contribution in [2.45, 2.75) is 38.3 Å². The number of ether oxygens (including phenoxy) is 1. The van der Waals surface area contributed by atoms with E-state index in [1.807, 2.05) is 23.1 Å². The number of amides is 1. The number of hydrogen-bond donors (Lipinski definition) is 1. The van der Waals surface area contributed by atoms with Crippen LogP contribution in [0.3, 0.4) is 0 Å². The molecule has 1 aromatic carbocycles. The fourth-order valence-electron chi connectivity index (χ4n) is 3.50. The first-order valence-electron chi connectivity index (χ1n) is 9.40. The number of nitrogens with zero attached hydrogens (tertiary/aromatic N) is 2. The van der Waals surface area contributed by atoms with Crippen molar-refractivity contribution in [1.82, 2.24) is 15.2 Å². The van der Waals surface area contributed by atoms with Crippen molar-refractivity contribution >= 4 is 5.91 Å². The van der Waals surface area contributed by atoms with Crippen molar-refractivity contribution in [2.24, 2.45) is 0 Å². The van der Waals surface area contributed by atoms with Crippen LogP contribution >= 0.6 is 0 Å². The van der Waals surface area contributed by atoms with Gasteiger partial charge < -0.3 is 15.0 Å². The topological polar surface area (TPSA) is 54.5 Å². The Balaban J connectivity index is 1.77. The predicted octanol–water partition coefficient (Wildman–Crippen LogP) is 2.94. The van der Waals surface area contributed by atoms with Crippen molar-refractivity contribution < 1.29 is 13.9 Å². The summed E-state index contributed by atoms with van der Waals surface area (Å²) >= 11 is 0. The zero-order valence-electron chi connectivity index (χ0n) is 15.7. The first kappa shape index (κ1) is 19.3. The number of carbonyl (C=O) groups excluding carboxylic acids is 1. The number of aromatic nitrogens is 1. The van der Waals surface area contributed by atoms with E-state index in [0.717, 1.165) is 38.0 Å². The molecule has 1 N–H and O–H groups in total. The normalized spacial score (nSPS) is 17.2. The third-order valence-electron chi connectivity index (χ3n) is 4.94. The van der Waals surface area contributed by atoms with Gasteiger partial charge in [0.2, 0.25) is 5.91 Å². The Kier molecular flexibility index (Phi) is 6.76. The van der Waals surface area contributed by atoms with Crippen LogP contribution in [0.15, 0.2) is 42.6 Å². The molecule has 27 heavy (non-hydrogen) atoms. The van der Waals surface area contributed by atoms with Crippen LogP contribution in [0.1, 0.15) is 30.5 Å². The van der Waals surface area contributed by atoms with Gasteiger partial charge in [0, 0.05) is 12.2 Å². The van der Waals surface area contributed by atoms with E-state index < -0.39 is 5.82 Å². The van der Waals surface area contributed by atoms with Crippen LogP contribution in [0.4, 0.5) is 4.39 Å². The molecular formula is C21H26FN3O2. The van der Waals surface area contributed by atoms with Crippen LogP contribution in [0.25, 0.3) is 0 Å². The summed E-state index contributed by atoms with van der Waals surface area (Å²) in [6.45, 7) is 2.35. The third-order valence-corrected chi connectivity index (χ3v) is 4.94. The molecule has 0 spiro atoms. The summed E-state index contributed by atoms with van der Waals surface area (Å²) in [5.41, 5.74) is 1.51. The number of rotatable bonds is 6. The minimum atomic E-state index is -0.447. The molecule has 1 aromatic heterocycles. The number of pyridine rings is 1. The first-order chi connectivity index (χ1) is 13.2. The SMILES string of the molecule is COc1ccc(CC(=O)N(Cc2ccccn2)C2CCCNCC2)cc1F. The molecule has 2 aromatic rings. The van der Waals surface area contributed by atoms with E-state index in [2.05, 4.69) is 10.3 Å². The quantitative estimate of drug-likeness (QED) is 0.848. The molecule has 1 atom stereocenters. The van der Waals surface area contributed by atoms with E-state index in [0.29, 0.717) is 12.1 Å². The molecule has 6 heteroatoms. The second-order valence-electron chi connectivity index (χ2n) is 6.82. The van der Waals surface area contributed by atoms with E-state index in [1.54, 1.807) is 18.3 Å². The van der Waals surface area contributed by atoms with Gasteiger partial charge in [0.25, 0.3) is 0 Å². The predicted molar refractivity (Wildman–Crippen MR) is 102 cm³/mol. The zero-order valence-corrected chi connectivity index (χ0v) is 15.7. The van der Waals surface area contributed by atoms with E-state index in [4.69, 9.17) is 4.74 Å². The van der Waals surface area contributed by atoms with Gasteiger partial charge in [-0.3, -0.25) is 9.78 Å². The summed E-state index contributed by atoms with van der Waals surface area (Å²) in [4.78, 5) is 19.4. The molecule has 0 bridgehead atoms. The van der Waals surface area contributed by atoms with Crippen LogP contribution in [0.2, 0.25) is 0 Å². The molecule has 0 aliphatic carbocycles. The van der Waals surface area contributed by atoms with E-state index in [1.165, 1.54) is 13.2 Å². The fourth-order valence-corrected chi connectivity index (χ4v) is 3.50. The summed E-state index contributed by atoms with van der Waals surface area (Å²) in [7, 11) is 1.43. The van der Waals surface area contributed by atoms with Gasteiger partial charge >= 0.3 is 0 Å². The van der Waals surface area contributed by atoms with Gasteiger partial charge in [-0.1, -0.05) is 12.1 Å². The number of benzene rings is 1. The van der Waals surface area contributed by atoms with Crippen molar-refractivity contribution in [2.75, 3.05) is 20.2 Å². The maximum atomic E-state index is 14.0. The third kappa shape index (κ3) is 5.26. The number of halogens is 1. The highest BCUT2D eigenvalue weighted by Gasteiger charge is 2.25. The lowest BCUT2D eigenvalue weighted by molar-refractivity contribution is -0.133. The molecule has 3 rings (SSSR count). The van der Waals surface area contributed by atoms with Gasteiger partial charge in [-0.05, 0) is 62.2 Å². The Labute approximate surface area is 159 Å². The molecular weight excluding hydrogens is 345 g/mol. The number of hydrogen-bond acceptors (Lipinski definition) is 4. The maximum absolute atomic E-state index is 14.0. The van der Waals surface area contributed by atoms with Crippen molar-refractivity contribution in [1.29, 1.82) is 0 Å². The smallest absolute Gasteiger partial charge is 0.227 e. The lowest BCUT2D eigenvalue weighted by atomic mass is 10.0. The zero-order chi connectivity index (χ0) is 19.1. The standard InChI is InChI=1S/C21H26FN3O2/c1-27-20-8-7-16(13-19(20)22)14-21(26)25(15-17-5-2-3-11-24-17)18-6-4-10-23-12-9-18/h2-3,5,7-8,11,13,18,23H,4,6,9-10,12,14-15H2,1H3. The highest BCUT2D eigenvalue weighted by molar-refractivity contribution is 5.79. The Morgan fingerprint density at radius 2 is 2.19 bits per heavy atom. The van der Waals surface area contributed by atoms with Crippen LogP contribution in [-0.4, -0.2) is 42.0 Å². The van der Waals surface area contributed by atoms with Gasteiger partial charge in [0.15, 0.2) is 11.6 Å². The van der Waals surface area contributed by atoms with Crippen LogP contribution < -0.4 is 10.1 Å². The first-order valence-corrected chi connectivity index (χ1v) is 9.40. The lowest BCUT2D eigenvalue weighted by Gasteiger charge is -2.31. The molecule has 1 unspecified atom stereocenters. The molecule has 1 amide bonds. The van der Waals surface area contributed by atoms with Crippen molar-refractivity contribution in [3.63, 3.8) is 0 Å². The summed E-state index contributed by atoms with van der Waals surface area (Å²) in [6.07, 6.45) is 4.81. The Hall–Kier alpha value is -2.47.